The second-order valence-corrected chi connectivity index (χ2v) is 9.12. The Bertz CT molecular complexity index is 914. The first-order valence-electron chi connectivity index (χ1n) is 9.38. The van der Waals surface area contributed by atoms with Gasteiger partial charge < -0.3 is 14.2 Å². The molecule has 0 aliphatic carbocycles. The van der Waals surface area contributed by atoms with Crippen LogP contribution in [0.5, 0.6) is 0 Å². The molecule has 0 radical (unpaired) electrons. The molecule has 1 aliphatic rings. The van der Waals surface area contributed by atoms with Gasteiger partial charge in [-0.3, -0.25) is 4.79 Å². The second-order valence-electron chi connectivity index (χ2n) is 7.13. The number of hydrogen-bond donors (Lipinski definition) is 0. The topological polar surface area (TPSA) is 65.3 Å². The average molecular weight is 393 g/mol. The number of nitrogens with zero attached hydrogens (tertiary/aromatic N) is 4. The fourth-order valence-electron chi connectivity index (χ4n) is 3.44. The van der Waals surface area contributed by atoms with Gasteiger partial charge in [-0.1, -0.05) is 13.3 Å². The van der Waals surface area contributed by atoms with E-state index in [1.54, 1.807) is 4.90 Å². The smallest absolute Gasteiger partial charge is 0.255 e. The lowest BCUT2D eigenvalue weighted by atomic mass is 10.2. The van der Waals surface area contributed by atoms with Crippen LogP contribution in [0.2, 0.25) is 0 Å². The predicted octanol–water partition coefficient (Wildman–Crippen LogP) is 1.89. The minimum atomic E-state index is -3.15. The zero-order valence-electron chi connectivity index (χ0n) is 16.3. The molecule has 0 saturated carbocycles. The molecule has 8 heteroatoms. The zero-order chi connectivity index (χ0) is 19.6. The lowest BCUT2D eigenvalue weighted by molar-refractivity contribution is 0.0793. The van der Waals surface area contributed by atoms with Crippen molar-refractivity contribution in [1.29, 1.82) is 0 Å². The number of piperazine rings is 1. The number of rotatable bonds is 6. The fourth-order valence-corrected chi connectivity index (χ4v) is 4.26. The van der Waals surface area contributed by atoms with E-state index in [1.807, 2.05) is 41.9 Å². The largest absolute Gasteiger partial charge is 0.355 e. The van der Waals surface area contributed by atoms with E-state index in [4.69, 9.17) is 0 Å². The lowest BCUT2D eigenvalue weighted by Crippen LogP contribution is -2.48. The number of unbranched alkanes of at least 4 members (excludes halogenated alkanes) is 1. The van der Waals surface area contributed by atoms with Gasteiger partial charge in [0.25, 0.3) is 5.91 Å². The summed E-state index contributed by atoms with van der Waals surface area (Å²) in [7, 11) is -1.31. The van der Waals surface area contributed by atoms with E-state index < -0.39 is 10.0 Å². The van der Waals surface area contributed by atoms with Crippen molar-refractivity contribution in [3.8, 4) is 0 Å². The van der Waals surface area contributed by atoms with E-state index in [0.717, 1.165) is 30.7 Å². The molecular weight excluding hydrogens is 364 g/mol. The number of amides is 1. The van der Waals surface area contributed by atoms with Gasteiger partial charge in [-0.15, -0.1) is 0 Å². The number of anilines is 1. The van der Waals surface area contributed by atoms with Crippen LogP contribution in [-0.2, 0) is 10.0 Å². The first-order chi connectivity index (χ1) is 12.8. The van der Waals surface area contributed by atoms with E-state index >= 15 is 0 Å². The van der Waals surface area contributed by atoms with Crippen LogP contribution >= 0.6 is 0 Å². The van der Waals surface area contributed by atoms with E-state index in [0.29, 0.717) is 31.7 Å². The highest BCUT2D eigenvalue weighted by Crippen LogP contribution is 2.22. The summed E-state index contributed by atoms with van der Waals surface area (Å²) in [5.41, 5.74) is 1.68. The van der Waals surface area contributed by atoms with Crippen LogP contribution in [0.3, 0.4) is 0 Å². The van der Waals surface area contributed by atoms with Crippen LogP contribution in [0.25, 0.3) is 5.52 Å². The van der Waals surface area contributed by atoms with Gasteiger partial charge in [-0.05, 0) is 30.7 Å². The summed E-state index contributed by atoms with van der Waals surface area (Å²) in [6.45, 7) is 5.08. The monoisotopic (exact) mass is 392 g/mol. The van der Waals surface area contributed by atoms with Crippen molar-refractivity contribution < 1.29 is 13.2 Å². The van der Waals surface area contributed by atoms with Crippen LogP contribution in [-0.4, -0.2) is 74.0 Å². The third-order valence-corrected chi connectivity index (χ3v) is 6.41. The lowest BCUT2D eigenvalue weighted by Gasteiger charge is -2.34. The van der Waals surface area contributed by atoms with Crippen molar-refractivity contribution >= 4 is 27.3 Å². The number of carbonyl (C=O) groups is 1. The zero-order valence-corrected chi connectivity index (χ0v) is 17.1. The Morgan fingerprint density at radius 1 is 1.11 bits per heavy atom. The predicted molar refractivity (Wildman–Crippen MR) is 108 cm³/mol. The van der Waals surface area contributed by atoms with Crippen molar-refractivity contribution in [2.75, 3.05) is 50.9 Å². The molecule has 0 bridgehead atoms. The quantitative estimate of drug-likeness (QED) is 0.753. The molecule has 0 aromatic carbocycles. The van der Waals surface area contributed by atoms with Crippen molar-refractivity contribution in [2.45, 2.75) is 19.8 Å². The minimum absolute atomic E-state index is 0.0203. The molecule has 1 saturated heterocycles. The van der Waals surface area contributed by atoms with Crippen molar-refractivity contribution in [2.24, 2.45) is 0 Å². The van der Waals surface area contributed by atoms with Crippen LogP contribution in [0.15, 0.2) is 30.5 Å². The molecule has 0 unspecified atom stereocenters. The van der Waals surface area contributed by atoms with Crippen molar-refractivity contribution in [3.05, 3.63) is 36.0 Å². The Morgan fingerprint density at radius 2 is 1.78 bits per heavy atom. The van der Waals surface area contributed by atoms with Gasteiger partial charge in [0.05, 0.1) is 11.8 Å². The van der Waals surface area contributed by atoms with E-state index in [2.05, 4.69) is 11.8 Å². The molecule has 27 heavy (non-hydrogen) atoms. The highest BCUT2D eigenvalue weighted by Gasteiger charge is 2.24. The molecular formula is C19H28N4O3S. The maximum atomic E-state index is 12.7. The van der Waals surface area contributed by atoms with Crippen molar-refractivity contribution in [1.82, 2.24) is 13.6 Å². The molecule has 3 heterocycles. The van der Waals surface area contributed by atoms with Gasteiger partial charge in [0, 0.05) is 51.5 Å². The Labute approximate surface area is 161 Å². The summed E-state index contributed by atoms with van der Waals surface area (Å²) < 4.78 is 27.0. The van der Waals surface area contributed by atoms with E-state index in [-0.39, 0.29) is 5.91 Å². The van der Waals surface area contributed by atoms with Gasteiger partial charge in [0.2, 0.25) is 10.0 Å². The summed E-state index contributed by atoms with van der Waals surface area (Å²) in [6, 6.07) is 7.87. The number of sulfonamides is 1. The molecule has 0 atom stereocenters. The molecule has 2 aromatic heterocycles. The first-order valence-corrected chi connectivity index (χ1v) is 11.2. The number of hydrogen-bond acceptors (Lipinski definition) is 4. The highest BCUT2D eigenvalue weighted by atomic mass is 32.2. The van der Waals surface area contributed by atoms with Gasteiger partial charge in [0.1, 0.15) is 5.82 Å². The summed E-state index contributed by atoms with van der Waals surface area (Å²) in [5, 5.41) is 0. The molecule has 1 aliphatic heterocycles. The Balaban J connectivity index is 1.81. The van der Waals surface area contributed by atoms with Crippen LogP contribution in [0, 0.1) is 0 Å². The molecule has 2 aromatic rings. The molecule has 0 spiro atoms. The average Bonchev–Trinajstić information content (AvgIpc) is 3.08. The number of carbonyl (C=O) groups excluding carboxylic acids is 1. The Morgan fingerprint density at radius 3 is 2.41 bits per heavy atom. The third kappa shape index (κ3) is 4.27. The maximum Gasteiger partial charge on any atom is 0.255 e. The highest BCUT2D eigenvalue weighted by molar-refractivity contribution is 7.88. The summed E-state index contributed by atoms with van der Waals surface area (Å²) >= 11 is 0. The standard InChI is InChI=1S/C19H28N4O3S/c1-4-5-10-20(2)19(24)16-6-7-17-8-9-18(23(17)15-16)21-11-13-22(14-12-21)27(3,25)26/h6-9,15H,4-5,10-14H2,1-3H3. The van der Waals surface area contributed by atoms with Gasteiger partial charge in [-0.25, -0.2) is 8.42 Å². The molecule has 3 rings (SSSR count). The molecule has 148 valence electrons. The maximum absolute atomic E-state index is 12.7. The van der Waals surface area contributed by atoms with Gasteiger partial charge in [0.15, 0.2) is 0 Å². The summed E-state index contributed by atoms with van der Waals surface area (Å²) in [4.78, 5) is 16.6. The van der Waals surface area contributed by atoms with Crippen LogP contribution in [0.4, 0.5) is 5.82 Å². The van der Waals surface area contributed by atoms with E-state index in [1.165, 1.54) is 10.6 Å². The molecule has 1 fully saturated rings. The van der Waals surface area contributed by atoms with Crippen LogP contribution in [0.1, 0.15) is 30.1 Å². The van der Waals surface area contributed by atoms with Gasteiger partial charge in [-0.2, -0.15) is 4.31 Å². The second kappa shape index (κ2) is 7.90. The molecule has 1 amide bonds. The molecule has 0 N–H and O–H groups in total. The minimum Gasteiger partial charge on any atom is -0.355 e. The SMILES string of the molecule is CCCCN(C)C(=O)c1ccc2ccc(N3CCN(S(C)(=O)=O)CC3)n2c1. The molecule has 7 nitrogen and oxygen atoms in total. The Hall–Kier alpha value is -2.06. The van der Waals surface area contributed by atoms with Crippen LogP contribution < -0.4 is 4.90 Å². The fraction of sp³-hybridized carbons (Fsp3) is 0.526. The summed E-state index contributed by atoms with van der Waals surface area (Å²) in [5.74, 6) is 1.01. The first kappa shape index (κ1) is 19.7. The van der Waals surface area contributed by atoms with Gasteiger partial charge >= 0.3 is 0 Å². The number of fused-ring (bicyclic) bond motifs is 1. The Kier molecular flexibility index (Phi) is 5.76. The third-order valence-electron chi connectivity index (χ3n) is 5.10. The number of aromatic nitrogens is 1. The number of pyridine rings is 1. The van der Waals surface area contributed by atoms with Crippen molar-refractivity contribution in [3.63, 3.8) is 0 Å². The normalized spacial score (nSPS) is 16.0. The van der Waals surface area contributed by atoms with E-state index in [9.17, 15) is 13.2 Å². The summed E-state index contributed by atoms with van der Waals surface area (Å²) in [6.07, 6.45) is 5.18.